The van der Waals surface area contributed by atoms with Gasteiger partial charge in [0.25, 0.3) is 0 Å². The fraction of sp³-hybridized carbons (Fsp3) is 0.500. The number of thiazole rings is 1. The summed E-state index contributed by atoms with van der Waals surface area (Å²) in [7, 11) is 0. The van der Waals surface area contributed by atoms with Gasteiger partial charge in [-0.2, -0.15) is 0 Å². The second-order valence-electron chi connectivity index (χ2n) is 4.81. The molecule has 0 atom stereocenters. The van der Waals surface area contributed by atoms with E-state index in [0.29, 0.717) is 12.1 Å². The van der Waals surface area contributed by atoms with Crippen LogP contribution in [-0.2, 0) is 4.74 Å². The Labute approximate surface area is 111 Å². The van der Waals surface area contributed by atoms with Gasteiger partial charge >= 0.3 is 0 Å². The highest BCUT2D eigenvalue weighted by atomic mass is 32.1. The van der Waals surface area contributed by atoms with Crippen LogP contribution in [0.2, 0.25) is 0 Å². The molecule has 0 spiro atoms. The zero-order chi connectivity index (χ0) is 12.5. The summed E-state index contributed by atoms with van der Waals surface area (Å²) in [5.74, 6) is 0. The highest BCUT2D eigenvalue weighted by Crippen LogP contribution is 2.29. The molecule has 1 aliphatic rings. The third-order valence-electron chi connectivity index (χ3n) is 3.36. The summed E-state index contributed by atoms with van der Waals surface area (Å²) in [5, 5.41) is 4.69. The van der Waals surface area contributed by atoms with E-state index in [1.54, 1.807) is 11.3 Å². The molecule has 18 heavy (non-hydrogen) atoms. The fourth-order valence-electron chi connectivity index (χ4n) is 2.42. The maximum Gasteiger partial charge on any atom is 0.0907 e. The first kappa shape index (κ1) is 11.9. The molecule has 0 unspecified atom stereocenters. The summed E-state index contributed by atoms with van der Waals surface area (Å²) in [6.45, 7) is 4.93. The molecule has 3 rings (SSSR count). The van der Waals surface area contributed by atoms with Crippen LogP contribution in [0, 0.1) is 6.92 Å². The lowest BCUT2D eigenvalue weighted by Crippen LogP contribution is -2.40. The molecule has 1 aromatic carbocycles. The van der Waals surface area contributed by atoms with Crippen molar-refractivity contribution in [2.75, 3.05) is 11.9 Å². The minimum absolute atomic E-state index is 0.460. The summed E-state index contributed by atoms with van der Waals surface area (Å²) in [4.78, 5) is 4.47. The van der Waals surface area contributed by atoms with Crippen molar-refractivity contribution < 1.29 is 4.74 Å². The predicted octanol–water partition coefficient (Wildman–Crippen LogP) is 3.58. The third-order valence-corrected chi connectivity index (χ3v) is 4.30. The first-order valence-corrected chi connectivity index (χ1v) is 7.31. The van der Waals surface area contributed by atoms with Crippen LogP contribution in [0.5, 0.6) is 0 Å². The van der Waals surface area contributed by atoms with Crippen molar-refractivity contribution in [2.24, 2.45) is 0 Å². The Balaban J connectivity index is 1.65. The number of nitrogens with zero attached hydrogens (tertiary/aromatic N) is 1. The largest absolute Gasteiger partial charge is 0.382 e. The number of rotatable bonds is 4. The molecule has 1 N–H and O–H groups in total. The topological polar surface area (TPSA) is 34.1 Å². The second kappa shape index (κ2) is 4.86. The molecule has 2 aromatic rings. The van der Waals surface area contributed by atoms with Gasteiger partial charge in [0.2, 0.25) is 0 Å². The molecule has 0 amide bonds. The molecular formula is C14H18N2OS. The number of anilines is 1. The quantitative estimate of drug-likeness (QED) is 0.914. The minimum atomic E-state index is 0.460. The lowest BCUT2D eigenvalue weighted by molar-refractivity contribution is 0.00300. The van der Waals surface area contributed by atoms with Crippen molar-refractivity contribution >= 4 is 27.2 Å². The molecule has 4 heteroatoms. The zero-order valence-electron chi connectivity index (χ0n) is 10.8. The third kappa shape index (κ3) is 2.35. The van der Waals surface area contributed by atoms with Crippen molar-refractivity contribution in [3.8, 4) is 0 Å². The molecule has 0 bridgehead atoms. The van der Waals surface area contributed by atoms with E-state index in [-0.39, 0.29) is 0 Å². The summed E-state index contributed by atoms with van der Waals surface area (Å²) >= 11 is 1.75. The highest BCUT2D eigenvalue weighted by Gasteiger charge is 2.29. The standard InChI is InChI=1S/C14H18N2OS/c1-3-17-12-6-11(7-12)16-10-4-5-13-14(8-10)18-9(2)15-13/h4-5,8,11-12,16H,3,6-7H2,1-2H3. The summed E-state index contributed by atoms with van der Waals surface area (Å²) in [6, 6.07) is 6.98. The number of ether oxygens (including phenoxy) is 1. The van der Waals surface area contributed by atoms with E-state index < -0.39 is 0 Å². The van der Waals surface area contributed by atoms with Gasteiger partial charge in [0.15, 0.2) is 0 Å². The number of hydrogen-bond acceptors (Lipinski definition) is 4. The molecule has 1 aliphatic carbocycles. The maximum atomic E-state index is 5.57. The van der Waals surface area contributed by atoms with Crippen molar-refractivity contribution in [3.05, 3.63) is 23.2 Å². The molecule has 1 fully saturated rings. The number of hydrogen-bond donors (Lipinski definition) is 1. The summed E-state index contributed by atoms with van der Waals surface area (Å²) < 4.78 is 6.83. The molecule has 96 valence electrons. The SMILES string of the molecule is CCOC1CC(Nc2ccc3nc(C)sc3c2)C1. The van der Waals surface area contributed by atoms with Crippen LogP contribution in [0.25, 0.3) is 10.2 Å². The van der Waals surface area contributed by atoms with Crippen molar-refractivity contribution in [2.45, 2.75) is 38.8 Å². The van der Waals surface area contributed by atoms with E-state index in [0.717, 1.165) is 30.0 Å². The summed E-state index contributed by atoms with van der Waals surface area (Å²) in [5.41, 5.74) is 2.30. The molecule has 3 nitrogen and oxygen atoms in total. The van der Waals surface area contributed by atoms with Gasteiger partial charge in [-0.25, -0.2) is 4.98 Å². The van der Waals surface area contributed by atoms with E-state index in [9.17, 15) is 0 Å². The smallest absolute Gasteiger partial charge is 0.0907 e. The molecular weight excluding hydrogens is 244 g/mol. The fourth-order valence-corrected chi connectivity index (χ4v) is 3.29. The van der Waals surface area contributed by atoms with E-state index in [2.05, 4.69) is 42.3 Å². The first-order chi connectivity index (χ1) is 8.74. The van der Waals surface area contributed by atoms with Crippen molar-refractivity contribution in [1.82, 2.24) is 4.98 Å². The van der Waals surface area contributed by atoms with Crippen LogP contribution in [-0.4, -0.2) is 23.7 Å². The van der Waals surface area contributed by atoms with Crippen molar-refractivity contribution in [1.29, 1.82) is 0 Å². The second-order valence-corrected chi connectivity index (χ2v) is 6.04. The van der Waals surface area contributed by atoms with Crippen LogP contribution in [0.15, 0.2) is 18.2 Å². The van der Waals surface area contributed by atoms with Crippen molar-refractivity contribution in [3.63, 3.8) is 0 Å². The van der Waals surface area contributed by atoms with Gasteiger partial charge in [0.05, 0.1) is 21.3 Å². The van der Waals surface area contributed by atoms with Crippen LogP contribution >= 0.6 is 11.3 Å². The van der Waals surface area contributed by atoms with Gasteiger partial charge in [-0.05, 0) is 44.9 Å². The molecule has 1 aromatic heterocycles. The highest BCUT2D eigenvalue weighted by molar-refractivity contribution is 7.18. The Bertz CT molecular complexity index is 546. The first-order valence-electron chi connectivity index (χ1n) is 6.50. The zero-order valence-corrected chi connectivity index (χ0v) is 11.6. The molecule has 1 heterocycles. The molecule has 0 radical (unpaired) electrons. The van der Waals surface area contributed by atoms with E-state index >= 15 is 0 Å². The number of fused-ring (bicyclic) bond motifs is 1. The number of aromatic nitrogens is 1. The average Bonchev–Trinajstić information content (AvgIpc) is 2.65. The number of benzene rings is 1. The lowest BCUT2D eigenvalue weighted by Gasteiger charge is -2.36. The lowest BCUT2D eigenvalue weighted by atomic mass is 9.89. The Morgan fingerprint density at radius 3 is 3.06 bits per heavy atom. The normalized spacial score (nSPS) is 23.0. The van der Waals surface area contributed by atoms with E-state index in [4.69, 9.17) is 4.74 Å². The van der Waals surface area contributed by atoms with Gasteiger partial charge in [0, 0.05) is 18.3 Å². The van der Waals surface area contributed by atoms with Gasteiger partial charge in [-0.3, -0.25) is 0 Å². The Kier molecular flexibility index (Phi) is 3.22. The van der Waals surface area contributed by atoms with Crippen LogP contribution < -0.4 is 5.32 Å². The van der Waals surface area contributed by atoms with Crippen LogP contribution in [0.3, 0.4) is 0 Å². The Hall–Kier alpha value is -1.13. The maximum absolute atomic E-state index is 5.57. The predicted molar refractivity (Wildman–Crippen MR) is 76.4 cm³/mol. The monoisotopic (exact) mass is 262 g/mol. The van der Waals surface area contributed by atoms with Gasteiger partial charge < -0.3 is 10.1 Å². The number of nitrogens with one attached hydrogen (secondary N) is 1. The average molecular weight is 262 g/mol. The van der Waals surface area contributed by atoms with Gasteiger partial charge in [-0.1, -0.05) is 0 Å². The Morgan fingerprint density at radius 2 is 2.28 bits per heavy atom. The molecule has 0 saturated heterocycles. The number of aryl methyl sites for hydroxylation is 1. The molecule has 0 aliphatic heterocycles. The van der Waals surface area contributed by atoms with E-state index in [1.165, 1.54) is 10.4 Å². The molecule has 1 saturated carbocycles. The van der Waals surface area contributed by atoms with Crippen LogP contribution in [0.1, 0.15) is 24.8 Å². The Morgan fingerprint density at radius 1 is 1.44 bits per heavy atom. The van der Waals surface area contributed by atoms with Crippen LogP contribution in [0.4, 0.5) is 5.69 Å². The summed E-state index contributed by atoms with van der Waals surface area (Å²) in [6.07, 6.45) is 2.70. The van der Waals surface area contributed by atoms with E-state index in [1.807, 2.05) is 0 Å². The van der Waals surface area contributed by atoms with Gasteiger partial charge in [0.1, 0.15) is 0 Å². The minimum Gasteiger partial charge on any atom is -0.382 e. The van der Waals surface area contributed by atoms with Gasteiger partial charge in [-0.15, -0.1) is 11.3 Å².